The van der Waals surface area contributed by atoms with Gasteiger partial charge in [0.15, 0.2) is 17.2 Å². The normalized spacial score (nSPS) is 13.6. The maximum atomic E-state index is 12.2. The van der Waals surface area contributed by atoms with Gasteiger partial charge in [0.05, 0.1) is 20.4 Å². The predicted molar refractivity (Wildman–Crippen MR) is 89.8 cm³/mol. The highest BCUT2D eigenvalue weighted by molar-refractivity contribution is 5.94. The molecule has 1 amide bonds. The summed E-state index contributed by atoms with van der Waals surface area (Å²) in [7, 11) is 3.15. The Hall–Kier alpha value is -2.83. The fraction of sp³-hybridized carbons (Fsp3) is 0.353. The number of carbonyl (C=O) groups excluding carboxylic acids is 1. The van der Waals surface area contributed by atoms with E-state index in [2.05, 4.69) is 20.7 Å². The van der Waals surface area contributed by atoms with E-state index in [9.17, 15) is 4.79 Å². The molecule has 0 radical (unpaired) electrons. The van der Waals surface area contributed by atoms with Gasteiger partial charge in [0, 0.05) is 11.3 Å². The lowest BCUT2D eigenvalue weighted by Crippen LogP contribution is -2.20. The van der Waals surface area contributed by atoms with Crippen LogP contribution in [0.5, 0.6) is 11.5 Å². The van der Waals surface area contributed by atoms with E-state index in [0.717, 1.165) is 42.5 Å². The van der Waals surface area contributed by atoms with Crippen LogP contribution in [0.1, 0.15) is 40.2 Å². The van der Waals surface area contributed by atoms with Gasteiger partial charge in [-0.3, -0.25) is 9.89 Å². The number of nitrogens with zero attached hydrogens (tertiary/aromatic N) is 2. The molecule has 2 aromatic rings. The maximum Gasteiger partial charge on any atom is 0.292 e. The molecule has 0 bridgehead atoms. The molecule has 24 heavy (non-hydrogen) atoms. The van der Waals surface area contributed by atoms with Gasteiger partial charge in [0.1, 0.15) is 0 Å². The van der Waals surface area contributed by atoms with Gasteiger partial charge in [0.25, 0.3) is 5.91 Å². The summed E-state index contributed by atoms with van der Waals surface area (Å²) >= 11 is 0. The molecule has 1 aromatic carbocycles. The van der Waals surface area contributed by atoms with Crippen molar-refractivity contribution < 1.29 is 14.3 Å². The van der Waals surface area contributed by atoms with Crippen molar-refractivity contribution in [1.82, 2.24) is 15.6 Å². The average molecular weight is 328 g/mol. The highest BCUT2D eigenvalue weighted by atomic mass is 16.5. The number of aryl methyl sites for hydroxylation is 1. The zero-order valence-electron chi connectivity index (χ0n) is 13.8. The lowest BCUT2D eigenvalue weighted by molar-refractivity contribution is 0.0949. The monoisotopic (exact) mass is 328 g/mol. The van der Waals surface area contributed by atoms with E-state index in [-0.39, 0.29) is 5.91 Å². The van der Waals surface area contributed by atoms with E-state index in [0.29, 0.717) is 17.2 Å². The number of benzene rings is 1. The average Bonchev–Trinajstić information content (AvgIpc) is 3.05. The highest BCUT2D eigenvalue weighted by Gasteiger charge is 2.21. The van der Waals surface area contributed by atoms with E-state index in [1.165, 1.54) is 0 Å². The number of methoxy groups -OCH3 is 2. The Morgan fingerprint density at radius 3 is 2.83 bits per heavy atom. The van der Waals surface area contributed by atoms with Gasteiger partial charge >= 0.3 is 0 Å². The van der Waals surface area contributed by atoms with Crippen molar-refractivity contribution in [2.45, 2.75) is 25.7 Å². The molecule has 0 saturated carbocycles. The topological polar surface area (TPSA) is 88.6 Å². The van der Waals surface area contributed by atoms with Crippen molar-refractivity contribution >= 4 is 12.1 Å². The number of hydrogen-bond acceptors (Lipinski definition) is 5. The van der Waals surface area contributed by atoms with Gasteiger partial charge in [-0.25, -0.2) is 5.43 Å². The van der Waals surface area contributed by atoms with E-state index in [4.69, 9.17) is 9.47 Å². The molecule has 1 heterocycles. The second-order valence-corrected chi connectivity index (χ2v) is 5.55. The molecule has 126 valence electrons. The molecule has 0 fully saturated rings. The smallest absolute Gasteiger partial charge is 0.292 e. The number of hydrogen-bond donors (Lipinski definition) is 2. The molecule has 2 N–H and O–H groups in total. The molecule has 0 aliphatic heterocycles. The molecule has 7 nitrogen and oxygen atoms in total. The second kappa shape index (κ2) is 7.16. The SMILES string of the molecule is COc1ccc(C=NNC(=O)c2n[nH]c3c2CCCC3)cc1OC. The van der Waals surface area contributed by atoms with Crippen molar-refractivity contribution in [2.75, 3.05) is 14.2 Å². The third-order valence-electron chi connectivity index (χ3n) is 4.06. The Labute approximate surface area is 140 Å². The van der Waals surface area contributed by atoms with Gasteiger partial charge in [-0.1, -0.05) is 0 Å². The number of H-pyrrole nitrogens is 1. The van der Waals surface area contributed by atoms with Crippen LogP contribution in [0.4, 0.5) is 0 Å². The van der Waals surface area contributed by atoms with Gasteiger partial charge in [-0.2, -0.15) is 10.2 Å². The van der Waals surface area contributed by atoms with Gasteiger partial charge in [-0.15, -0.1) is 0 Å². The summed E-state index contributed by atoms with van der Waals surface area (Å²) in [5.74, 6) is 0.946. The Balaban J connectivity index is 1.68. The van der Waals surface area contributed by atoms with Gasteiger partial charge in [-0.05, 0) is 49.4 Å². The molecule has 0 atom stereocenters. The Kier molecular flexibility index (Phi) is 4.79. The first-order valence-corrected chi connectivity index (χ1v) is 7.84. The third kappa shape index (κ3) is 3.24. The van der Waals surface area contributed by atoms with Crippen molar-refractivity contribution in [1.29, 1.82) is 0 Å². The molecule has 1 aliphatic carbocycles. The summed E-state index contributed by atoms with van der Waals surface area (Å²) in [6, 6.07) is 5.39. The third-order valence-corrected chi connectivity index (χ3v) is 4.06. The second-order valence-electron chi connectivity index (χ2n) is 5.55. The number of aromatic nitrogens is 2. The summed E-state index contributed by atoms with van der Waals surface area (Å²) in [4.78, 5) is 12.2. The fourth-order valence-electron chi connectivity index (χ4n) is 2.82. The molecule has 7 heteroatoms. The Morgan fingerprint density at radius 2 is 2.04 bits per heavy atom. The molecule has 0 saturated heterocycles. The fourth-order valence-corrected chi connectivity index (χ4v) is 2.82. The summed E-state index contributed by atoms with van der Waals surface area (Å²) in [6.07, 6.45) is 5.60. The lowest BCUT2D eigenvalue weighted by atomic mass is 9.96. The first-order valence-electron chi connectivity index (χ1n) is 7.84. The molecule has 0 unspecified atom stereocenters. The van der Waals surface area contributed by atoms with Crippen LogP contribution < -0.4 is 14.9 Å². The number of aromatic amines is 1. The molecule has 0 spiro atoms. The van der Waals surface area contributed by atoms with Crippen molar-refractivity contribution in [3.63, 3.8) is 0 Å². The molecular formula is C17H20N4O3. The van der Waals surface area contributed by atoms with E-state index in [1.54, 1.807) is 32.6 Å². The number of carbonyl (C=O) groups is 1. The Morgan fingerprint density at radius 1 is 1.25 bits per heavy atom. The van der Waals surface area contributed by atoms with Crippen LogP contribution in [0.15, 0.2) is 23.3 Å². The van der Waals surface area contributed by atoms with Crippen molar-refractivity contribution in [3.05, 3.63) is 40.7 Å². The van der Waals surface area contributed by atoms with Crippen LogP contribution in [0, 0.1) is 0 Å². The van der Waals surface area contributed by atoms with Crippen LogP contribution in [0.3, 0.4) is 0 Å². The maximum absolute atomic E-state index is 12.2. The molecule has 1 aromatic heterocycles. The number of rotatable bonds is 5. The van der Waals surface area contributed by atoms with Crippen molar-refractivity contribution in [3.8, 4) is 11.5 Å². The van der Waals surface area contributed by atoms with E-state index >= 15 is 0 Å². The van der Waals surface area contributed by atoms with Crippen LogP contribution >= 0.6 is 0 Å². The number of fused-ring (bicyclic) bond motifs is 1. The zero-order chi connectivity index (χ0) is 16.9. The highest BCUT2D eigenvalue weighted by Crippen LogP contribution is 2.27. The van der Waals surface area contributed by atoms with Crippen LogP contribution in [-0.2, 0) is 12.8 Å². The van der Waals surface area contributed by atoms with Crippen LogP contribution in [0.25, 0.3) is 0 Å². The Bertz CT molecular complexity index is 767. The first-order chi connectivity index (χ1) is 11.7. The molecule has 1 aliphatic rings. The summed E-state index contributed by atoms with van der Waals surface area (Å²) in [6.45, 7) is 0. The summed E-state index contributed by atoms with van der Waals surface area (Å²) in [5.41, 5.74) is 5.83. The number of ether oxygens (including phenoxy) is 2. The quantitative estimate of drug-likeness (QED) is 0.649. The minimum absolute atomic E-state index is 0.300. The molecule has 3 rings (SSSR count). The van der Waals surface area contributed by atoms with E-state index < -0.39 is 0 Å². The zero-order valence-corrected chi connectivity index (χ0v) is 13.8. The van der Waals surface area contributed by atoms with Gasteiger partial charge < -0.3 is 9.47 Å². The predicted octanol–water partition coefficient (Wildman–Crippen LogP) is 2.07. The van der Waals surface area contributed by atoms with Crippen LogP contribution in [0.2, 0.25) is 0 Å². The first kappa shape index (κ1) is 16.0. The number of amides is 1. The number of hydrazone groups is 1. The largest absolute Gasteiger partial charge is 0.493 e. The standard InChI is InChI=1S/C17H20N4O3/c1-23-14-8-7-11(9-15(14)24-2)10-18-21-17(22)16-12-5-3-4-6-13(12)19-20-16/h7-10H,3-6H2,1-2H3,(H,19,20)(H,21,22). The molecular weight excluding hydrogens is 308 g/mol. The minimum Gasteiger partial charge on any atom is -0.493 e. The van der Waals surface area contributed by atoms with Gasteiger partial charge in [0.2, 0.25) is 0 Å². The number of nitrogens with one attached hydrogen (secondary N) is 2. The van der Waals surface area contributed by atoms with Crippen molar-refractivity contribution in [2.24, 2.45) is 5.10 Å². The lowest BCUT2D eigenvalue weighted by Gasteiger charge is -2.10. The summed E-state index contributed by atoms with van der Waals surface area (Å²) < 4.78 is 10.4. The van der Waals surface area contributed by atoms with E-state index in [1.807, 2.05) is 6.07 Å². The minimum atomic E-state index is -0.300. The summed E-state index contributed by atoms with van der Waals surface area (Å²) in [5, 5.41) is 11.1. The van der Waals surface area contributed by atoms with Crippen LogP contribution in [-0.4, -0.2) is 36.5 Å².